The van der Waals surface area contributed by atoms with E-state index in [0.717, 1.165) is 75.7 Å². The zero-order chi connectivity index (χ0) is 39.7. The van der Waals surface area contributed by atoms with Crippen LogP contribution in [0, 0.1) is 73.4 Å². The molecule has 6 bridgehead atoms. The molecule has 12 aliphatic rings. The van der Waals surface area contributed by atoms with Gasteiger partial charge >= 0.3 is 5.97 Å². The van der Waals surface area contributed by atoms with Gasteiger partial charge < -0.3 is 19.8 Å². The summed E-state index contributed by atoms with van der Waals surface area (Å²) in [7, 11) is 0. The van der Waals surface area contributed by atoms with E-state index in [1.165, 1.54) is 19.3 Å². The number of aliphatic hydroxyl groups is 2. The summed E-state index contributed by atoms with van der Waals surface area (Å²) < 4.78 is 6.30. The molecule has 1 unspecified atom stereocenters. The van der Waals surface area contributed by atoms with E-state index in [-0.39, 0.29) is 58.5 Å². The number of ketones is 1. The molecule has 2 N–H and O–H groups in total. The van der Waals surface area contributed by atoms with Crippen LogP contribution in [0.3, 0.4) is 0 Å². The highest BCUT2D eigenvalue weighted by Gasteiger charge is 2.78. The van der Waals surface area contributed by atoms with Crippen molar-refractivity contribution < 1.29 is 29.3 Å². The Morgan fingerprint density at radius 2 is 1.52 bits per heavy atom. The lowest BCUT2D eigenvalue weighted by Crippen LogP contribution is -2.68. The number of hydrogen-bond acceptors (Lipinski definition) is 6. The second-order valence-corrected chi connectivity index (χ2v) is 23.6. The van der Waals surface area contributed by atoms with Crippen molar-refractivity contribution in [3.05, 3.63) is 23.8 Å². The number of fused-ring (bicyclic) bond motifs is 5. The normalized spacial score (nSPS) is 51.7. The van der Waals surface area contributed by atoms with Crippen molar-refractivity contribution in [2.45, 2.75) is 175 Å². The second-order valence-electron chi connectivity index (χ2n) is 23.6. The fourth-order valence-corrected chi connectivity index (χ4v) is 17.2. The molecule has 1 saturated heterocycles. The van der Waals surface area contributed by atoms with E-state index in [1.54, 1.807) is 0 Å². The third kappa shape index (κ3) is 4.32. The van der Waals surface area contributed by atoms with Gasteiger partial charge in [0.05, 0.1) is 23.7 Å². The van der Waals surface area contributed by atoms with Crippen LogP contribution in [0.15, 0.2) is 23.8 Å². The SMILES string of the molecule is CC1(C)[C@H]2CC[C@@H](CN(C[C@]3(O)CC[C@H]4[C@]56C=C[C@@]7(C=C5C(=O)C5CCCCC5)CC(O)CC[C@]7(C)[C@H]6CC[C@@]43C)C(=O)[C@@]34CC[C@@](C)(C(=O)O3)C4(C)C)[C@@H]1C2. The molecular weight excluding hydrogens is 699 g/mol. The van der Waals surface area contributed by atoms with Crippen molar-refractivity contribution in [1.29, 1.82) is 0 Å². The summed E-state index contributed by atoms with van der Waals surface area (Å²) in [5.74, 6) is 2.00. The van der Waals surface area contributed by atoms with Gasteiger partial charge in [0, 0.05) is 39.7 Å². The minimum absolute atomic E-state index is 0.0511. The van der Waals surface area contributed by atoms with Crippen LogP contribution in [0.1, 0.15) is 158 Å². The Balaban J connectivity index is 1.04. The number of esters is 1. The van der Waals surface area contributed by atoms with Gasteiger partial charge in [-0.25, -0.2) is 0 Å². The minimum atomic E-state index is -1.22. The third-order valence-corrected chi connectivity index (χ3v) is 21.6. The molecule has 13 atom stereocenters. The number of hydrogen-bond donors (Lipinski definition) is 2. The highest BCUT2D eigenvalue weighted by Crippen LogP contribution is 2.79. The van der Waals surface area contributed by atoms with E-state index in [1.807, 2.05) is 11.8 Å². The summed E-state index contributed by atoms with van der Waals surface area (Å²) in [6.45, 7) is 16.5. The van der Waals surface area contributed by atoms with Crippen molar-refractivity contribution in [2.24, 2.45) is 73.4 Å². The molecular formula is C49H71NO6. The average Bonchev–Trinajstić information content (AvgIpc) is 3.62. The molecule has 1 aliphatic heterocycles. The van der Waals surface area contributed by atoms with E-state index in [0.29, 0.717) is 49.8 Å². The number of nitrogens with zero attached hydrogens (tertiary/aromatic N) is 1. The van der Waals surface area contributed by atoms with Crippen LogP contribution in [0.25, 0.3) is 0 Å². The topological polar surface area (TPSA) is 104 Å². The average molecular weight is 770 g/mol. The Morgan fingerprint density at radius 3 is 2.18 bits per heavy atom. The molecule has 11 aliphatic carbocycles. The largest absolute Gasteiger partial charge is 0.448 e. The van der Waals surface area contributed by atoms with Gasteiger partial charge in [0.15, 0.2) is 11.4 Å². The Morgan fingerprint density at radius 1 is 0.821 bits per heavy atom. The molecule has 1 amide bonds. The second kappa shape index (κ2) is 11.6. The molecule has 0 aromatic heterocycles. The minimum Gasteiger partial charge on any atom is -0.448 e. The maximum atomic E-state index is 15.5. The number of Topliss-reactive ketones (excluding diaryl/α,β-unsaturated/α-hetero) is 1. The molecule has 0 radical (unpaired) electrons. The van der Waals surface area contributed by atoms with Gasteiger partial charge in [-0.05, 0) is 137 Å². The zero-order valence-corrected chi connectivity index (χ0v) is 35.7. The van der Waals surface area contributed by atoms with Gasteiger partial charge in [-0.1, -0.05) is 79.0 Å². The van der Waals surface area contributed by atoms with E-state index in [2.05, 4.69) is 59.8 Å². The Hall–Kier alpha value is -1.99. The van der Waals surface area contributed by atoms with Gasteiger partial charge in [0.1, 0.15) is 0 Å². The summed E-state index contributed by atoms with van der Waals surface area (Å²) in [6.07, 6.45) is 22.4. The standard InChI is InChI=1S/C49H71NO6/c1-41(2)32-14-13-31(34(41)25-32)28-50(39(53)49-24-21-45(7,40(54)56-49)42(49,3)4)29-47(55)20-17-37-44(47,6)19-16-36-43(5)18-15-33(51)26-46(43)22-23-48(36,37)35(27-46)38(52)30-11-9-8-10-12-30/h22-23,27,30-34,36-37,51,55H,8-21,24-26,28-29H2,1-7H3/t31-,32-,33?,34-,36+,37+,43+,44-,45-,46-,47+,48+,49+/m0/s1. The Labute approximate surface area is 336 Å². The first-order valence-corrected chi connectivity index (χ1v) is 23.2. The van der Waals surface area contributed by atoms with Crippen LogP contribution in [0.2, 0.25) is 0 Å². The lowest BCUT2D eigenvalue weighted by molar-refractivity contribution is -0.191. The molecule has 1 heterocycles. The molecule has 7 heteroatoms. The molecule has 308 valence electrons. The van der Waals surface area contributed by atoms with E-state index >= 15 is 9.59 Å². The number of amides is 1. The number of rotatable bonds is 7. The predicted octanol–water partition coefficient (Wildman–Crippen LogP) is 8.75. The fraction of sp³-hybridized carbons (Fsp3) is 0.857. The van der Waals surface area contributed by atoms with Crippen molar-refractivity contribution in [3.63, 3.8) is 0 Å². The van der Waals surface area contributed by atoms with Crippen molar-refractivity contribution in [3.8, 4) is 0 Å². The summed E-state index contributed by atoms with van der Waals surface area (Å²) in [4.78, 5) is 46.2. The molecule has 0 aromatic rings. The van der Waals surface area contributed by atoms with Gasteiger partial charge in [-0.3, -0.25) is 14.4 Å². The van der Waals surface area contributed by atoms with Gasteiger partial charge in [0.2, 0.25) is 0 Å². The summed E-state index contributed by atoms with van der Waals surface area (Å²) in [6, 6.07) is 0. The van der Waals surface area contributed by atoms with Crippen LogP contribution in [-0.2, 0) is 19.1 Å². The highest BCUT2D eigenvalue weighted by atomic mass is 16.6. The van der Waals surface area contributed by atoms with Crippen molar-refractivity contribution in [2.75, 3.05) is 13.1 Å². The number of ether oxygens (including phenoxy) is 1. The smallest absolute Gasteiger partial charge is 0.313 e. The molecule has 8 saturated carbocycles. The lowest BCUT2D eigenvalue weighted by Gasteiger charge is -2.71. The van der Waals surface area contributed by atoms with Crippen LogP contribution >= 0.6 is 0 Å². The van der Waals surface area contributed by atoms with Gasteiger partial charge in [-0.2, -0.15) is 0 Å². The first-order chi connectivity index (χ1) is 26.3. The maximum absolute atomic E-state index is 15.5. The molecule has 56 heavy (non-hydrogen) atoms. The molecule has 0 aromatic carbocycles. The molecule has 2 spiro atoms. The lowest BCUT2D eigenvalue weighted by atomic mass is 9.32. The summed E-state index contributed by atoms with van der Waals surface area (Å²) in [5, 5.41) is 24.7. The van der Waals surface area contributed by atoms with Crippen molar-refractivity contribution >= 4 is 17.7 Å². The first-order valence-electron chi connectivity index (χ1n) is 23.2. The monoisotopic (exact) mass is 770 g/mol. The third-order valence-electron chi connectivity index (χ3n) is 21.6. The number of aliphatic hydroxyl groups excluding tert-OH is 1. The highest BCUT2D eigenvalue weighted by molar-refractivity contribution is 6.00. The van der Waals surface area contributed by atoms with E-state index < -0.39 is 32.9 Å². The first kappa shape index (κ1) is 38.2. The summed E-state index contributed by atoms with van der Waals surface area (Å²) >= 11 is 0. The van der Waals surface area contributed by atoms with Crippen molar-refractivity contribution in [1.82, 2.24) is 4.90 Å². The maximum Gasteiger partial charge on any atom is 0.313 e. The zero-order valence-electron chi connectivity index (χ0n) is 35.7. The molecule has 7 nitrogen and oxygen atoms in total. The molecule has 9 fully saturated rings. The van der Waals surface area contributed by atoms with Crippen LogP contribution in [0.4, 0.5) is 0 Å². The quantitative estimate of drug-likeness (QED) is 0.198. The Kier molecular flexibility index (Phi) is 7.94. The Bertz CT molecular complexity index is 1810. The fourth-order valence-electron chi connectivity index (χ4n) is 17.2. The summed E-state index contributed by atoms with van der Waals surface area (Å²) in [5.41, 5.74) is -3.88. The molecule has 12 rings (SSSR count). The number of allylic oxidation sites excluding steroid dienone is 4. The van der Waals surface area contributed by atoms with Crippen LogP contribution in [-0.4, -0.2) is 63.2 Å². The predicted molar refractivity (Wildman–Crippen MR) is 215 cm³/mol. The van der Waals surface area contributed by atoms with Crippen LogP contribution in [0.5, 0.6) is 0 Å². The number of carbonyl (C=O) groups is 3. The van der Waals surface area contributed by atoms with Gasteiger partial charge in [-0.15, -0.1) is 0 Å². The van der Waals surface area contributed by atoms with Gasteiger partial charge in [0.25, 0.3) is 5.91 Å². The van der Waals surface area contributed by atoms with E-state index in [9.17, 15) is 15.0 Å². The van der Waals surface area contributed by atoms with E-state index in [4.69, 9.17) is 4.74 Å². The van der Waals surface area contributed by atoms with Crippen LogP contribution < -0.4 is 0 Å². The number of carbonyl (C=O) groups excluding carboxylic acids is 3.